The number of thioether (sulfide) groups is 1. The lowest BCUT2D eigenvalue weighted by Gasteiger charge is -2.29. The van der Waals surface area contributed by atoms with Gasteiger partial charge in [0.15, 0.2) is 17.1 Å². The first-order valence-corrected chi connectivity index (χ1v) is 17.3. The SMILES string of the molecule is CC.CCOC(=O)NC1=CC(F)C(N2CCCN(c3nc(C)n(NC)cc(C(=O)O)c(=O)c(C)cc3F)CC2)C=CC1.CNC(=S)SC. The molecular formula is C32H49F2N7O5S2. The largest absolute Gasteiger partial charge is 0.477 e. The standard InChI is InChI=1S/C27H36F2N6O5.C3H7NS2.C2H6/c1-5-40-27(39)32-19-8-6-9-23(21(28)15-19)33-10-7-11-34(13-12-33)25-22(29)14-17(2)24(36)20(26(37)38)16-35(30-4)18(3)31-25;1-4-3(5)6-2;1-2/h6,9,14-16,21,23,30H,5,7-8,10-13H2,1-4H3,(H,32,39)(H,37,38);1-2H3,(H,4,5);1-2H3. The van der Waals surface area contributed by atoms with Crippen molar-refractivity contribution in [2.75, 3.05) is 63.5 Å². The van der Waals surface area contributed by atoms with Gasteiger partial charge in [0.1, 0.15) is 21.9 Å². The van der Waals surface area contributed by atoms with Gasteiger partial charge in [0.25, 0.3) is 0 Å². The molecule has 0 radical (unpaired) electrons. The van der Waals surface area contributed by atoms with Gasteiger partial charge in [-0.25, -0.2) is 23.4 Å². The molecule has 1 aliphatic heterocycles. The van der Waals surface area contributed by atoms with Crippen molar-refractivity contribution in [3.63, 3.8) is 0 Å². The average molecular weight is 714 g/mol. The molecule has 1 aliphatic carbocycles. The molecule has 2 aliphatic rings. The molecule has 1 aromatic rings. The van der Waals surface area contributed by atoms with Crippen LogP contribution in [0, 0.1) is 19.7 Å². The van der Waals surface area contributed by atoms with E-state index < -0.39 is 41.1 Å². The fourth-order valence-corrected chi connectivity index (χ4v) is 4.94. The summed E-state index contributed by atoms with van der Waals surface area (Å²) >= 11 is 6.25. The van der Waals surface area contributed by atoms with Crippen molar-refractivity contribution in [3.8, 4) is 0 Å². The first kappa shape index (κ1) is 42.3. The monoisotopic (exact) mass is 713 g/mol. The number of carbonyl (C=O) groups is 2. The van der Waals surface area contributed by atoms with Gasteiger partial charge in [0.2, 0.25) is 0 Å². The molecule has 0 spiro atoms. The lowest BCUT2D eigenvalue weighted by molar-refractivity contribution is 0.0694. The summed E-state index contributed by atoms with van der Waals surface area (Å²) < 4.78 is 37.9. The average Bonchev–Trinajstić information content (AvgIpc) is 3.41. The maximum atomic E-state index is 15.6. The quantitative estimate of drug-likeness (QED) is 0.240. The van der Waals surface area contributed by atoms with Gasteiger partial charge in [-0.05, 0) is 45.6 Å². The van der Waals surface area contributed by atoms with E-state index in [4.69, 9.17) is 17.0 Å². The number of hydrogen-bond donors (Lipinski definition) is 4. The van der Waals surface area contributed by atoms with Crippen molar-refractivity contribution >= 4 is 46.2 Å². The van der Waals surface area contributed by atoms with E-state index in [-0.39, 0.29) is 23.8 Å². The van der Waals surface area contributed by atoms with Crippen LogP contribution in [0.2, 0.25) is 0 Å². The van der Waals surface area contributed by atoms with E-state index in [1.54, 1.807) is 42.7 Å². The predicted octanol–water partition coefficient (Wildman–Crippen LogP) is 4.68. The molecule has 0 aromatic carbocycles. The Morgan fingerprint density at radius 2 is 1.88 bits per heavy atom. The zero-order valence-corrected chi connectivity index (χ0v) is 30.6. The number of amides is 1. The summed E-state index contributed by atoms with van der Waals surface area (Å²) in [4.78, 5) is 44.4. The number of alkyl halides is 1. The van der Waals surface area contributed by atoms with Gasteiger partial charge in [-0.3, -0.25) is 19.7 Å². The molecule has 2 unspecified atom stereocenters. The molecule has 12 nitrogen and oxygen atoms in total. The van der Waals surface area contributed by atoms with Crippen LogP contribution in [0.15, 0.2) is 41.0 Å². The minimum Gasteiger partial charge on any atom is -0.477 e. The van der Waals surface area contributed by atoms with E-state index in [0.717, 1.165) is 16.6 Å². The van der Waals surface area contributed by atoms with Crippen LogP contribution in [-0.2, 0) is 4.74 Å². The van der Waals surface area contributed by atoms with Crippen LogP contribution < -0.4 is 26.4 Å². The number of carboxylic acids is 1. The number of thiocarbonyl (C=S) groups is 1. The molecule has 2 atom stereocenters. The molecule has 2 heterocycles. The van der Waals surface area contributed by atoms with Gasteiger partial charge in [-0.15, -0.1) is 11.8 Å². The summed E-state index contributed by atoms with van der Waals surface area (Å²) in [7, 11) is 3.34. The number of aryl methyl sites for hydroxylation is 2. The van der Waals surface area contributed by atoms with Gasteiger partial charge >= 0.3 is 12.1 Å². The summed E-state index contributed by atoms with van der Waals surface area (Å²) in [6.45, 7) is 10.5. The van der Waals surface area contributed by atoms with Crippen LogP contribution in [0.1, 0.15) is 55.4 Å². The molecule has 4 N–H and O–H groups in total. The lowest BCUT2D eigenvalue weighted by atomic mass is 10.1. The summed E-state index contributed by atoms with van der Waals surface area (Å²) in [5.41, 5.74) is 1.73. The second-order valence-electron chi connectivity index (χ2n) is 10.2. The van der Waals surface area contributed by atoms with E-state index in [1.165, 1.54) is 24.7 Å². The Balaban J connectivity index is 0.00000129. The van der Waals surface area contributed by atoms with Crippen LogP contribution >= 0.6 is 24.0 Å². The summed E-state index contributed by atoms with van der Waals surface area (Å²) in [6, 6.07) is 0.422. The van der Waals surface area contributed by atoms with Crippen LogP contribution in [0.4, 0.5) is 19.4 Å². The van der Waals surface area contributed by atoms with Gasteiger partial charge in [-0.2, -0.15) is 0 Å². The van der Waals surface area contributed by atoms with Gasteiger partial charge in [0, 0.05) is 64.2 Å². The van der Waals surface area contributed by atoms with Gasteiger partial charge in [0.05, 0.1) is 12.6 Å². The number of rotatable bonds is 6. The fourth-order valence-electron chi connectivity index (χ4n) is 4.74. The van der Waals surface area contributed by atoms with Crippen LogP contribution in [-0.4, -0.2) is 101 Å². The maximum absolute atomic E-state index is 15.6. The normalized spacial score (nSPS) is 17.4. The Morgan fingerprint density at radius 1 is 1.19 bits per heavy atom. The second-order valence-corrected chi connectivity index (χ2v) is 11.6. The number of aromatic carboxylic acids is 1. The van der Waals surface area contributed by atoms with Crippen LogP contribution in [0.25, 0.3) is 0 Å². The topological polar surface area (TPSA) is 141 Å². The molecule has 1 fully saturated rings. The Hall–Kier alpha value is -3.76. The molecule has 16 heteroatoms. The van der Waals surface area contributed by atoms with E-state index in [9.17, 15) is 19.5 Å². The Labute approximate surface area is 291 Å². The van der Waals surface area contributed by atoms with Crippen LogP contribution in [0.5, 0.6) is 0 Å². The second kappa shape index (κ2) is 22.0. The molecule has 1 saturated heterocycles. The number of anilines is 1. The number of nitrogens with zero attached hydrogens (tertiary/aromatic N) is 4. The zero-order valence-electron chi connectivity index (χ0n) is 28.9. The molecule has 3 rings (SSSR count). The highest BCUT2D eigenvalue weighted by atomic mass is 32.2. The molecule has 1 aromatic heterocycles. The summed E-state index contributed by atoms with van der Waals surface area (Å²) in [5.74, 6) is -2.01. The van der Waals surface area contributed by atoms with E-state index in [1.807, 2.05) is 32.1 Å². The van der Waals surface area contributed by atoms with Crippen molar-refractivity contribution in [2.24, 2.45) is 0 Å². The van der Waals surface area contributed by atoms with Crippen molar-refractivity contribution in [1.29, 1.82) is 0 Å². The first-order chi connectivity index (χ1) is 22.9. The fraction of sp³-hybridized carbons (Fsp3) is 0.531. The smallest absolute Gasteiger partial charge is 0.411 e. The highest BCUT2D eigenvalue weighted by molar-refractivity contribution is 8.22. The van der Waals surface area contributed by atoms with Crippen molar-refractivity contribution < 1.29 is 28.2 Å². The lowest BCUT2D eigenvalue weighted by Crippen LogP contribution is -2.42. The zero-order chi connectivity index (χ0) is 36.4. The molecular weight excluding hydrogens is 665 g/mol. The Kier molecular flexibility index (Phi) is 19.4. The first-order valence-electron chi connectivity index (χ1n) is 15.7. The third-order valence-electron chi connectivity index (χ3n) is 7.04. The molecule has 48 heavy (non-hydrogen) atoms. The third-order valence-corrected chi connectivity index (χ3v) is 8.32. The number of hydrogen-bond acceptors (Lipinski definition) is 10. The van der Waals surface area contributed by atoms with Gasteiger partial charge in [-0.1, -0.05) is 38.2 Å². The minimum atomic E-state index is -1.44. The number of aromatic nitrogens is 2. The van der Waals surface area contributed by atoms with Crippen molar-refractivity contribution in [1.82, 2.24) is 25.2 Å². The van der Waals surface area contributed by atoms with E-state index in [0.29, 0.717) is 44.7 Å². The number of alkyl carbamates (subject to hydrolysis) is 1. The number of halogens is 2. The number of ether oxygens (including phenoxy) is 1. The maximum Gasteiger partial charge on any atom is 0.411 e. The Morgan fingerprint density at radius 3 is 2.44 bits per heavy atom. The molecule has 1 amide bonds. The van der Waals surface area contributed by atoms with Crippen LogP contribution in [0.3, 0.4) is 0 Å². The number of allylic oxidation sites excluding steroid dienone is 1. The molecule has 0 bridgehead atoms. The molecule has 268 valence electrons. The van der Waals surface area contributed by atoms with Gasteiger partial charge < -0.3 is 25.5 Å². The highest BCUT2D eigenvalue weighted by Crippen LogP contribution is 2.23. The predicted molar refractivity (Wildman–Crippen MR) is 193 cm³/mol. The van der Waals surface area contributed by atoms with E-state index in [2.05, 4.69) is 21.0 Å². The number of nitrogens with one attached hydrogen (secondary N) is 3. The minimum absolute atomic E-state index is 0.00653. The van der Waals surface area contributed by atoms with E-state index >= 15 is 8.78 Å². The number of carboxylic acid groups (broad SMARTS) is 1. The summed E-state index contributed by atoms with van der Waals surface area (Å²) in [5, 5.41) is 14.9. The Bertz CT molecular complexity index is 1430. The highest BCUT2D eigenvalue weighted by Gasteiger charge is 2.29. The van der Waals surface area contributed by atoms with Crippen molar-refractivity contribution in [2.45, 2.75) is 59.7 Å². The van der Waals surface area contributed by atoms with Crippen molar-refractivity contribution in [3.05, 3.63) is 69.2 Å². The number of carbonyl (C=O) groups excluding carboxylic acids is 1. The molecule has 0 saturated carbocycles. The third kappa shape index (κ3) is 13.0. The summed E-state index contributed by atoms with van der Waals surface area (Å²) in [6.07, 6.45) is 6.94.